The van der Waals surface area contributed by atoms with Crippen molar-refractivity contribution in [2.45, 2.75) is 12.8 Å². The number of amides is 1. The van der Waals surface area contributed by atoms with Gasteiger partial charge in [0.1, 0.15) is 5.69 Å². The largest absolute Gasteiger partial charge is 0.383 e. The summed E-state index contributed by atoms with van der Waals surface area (Å²) in [5.41, 5.74) is 1.45. The summed E-state index contributed by atoms with van der Waals surface area (Å²) in [6, 6.07) is 9.76. The van der Waals surface area contributed by atoms with E-state index in [0.717, 1.165) is 12.0 Å². The summed E-state index contributed by atoms with van der Waals surface area (Å²) in [5.74, 6) is -0.360. The molecule has 2 aromatic rings. The Balaban J connectivity index is 1.91. The first-order valence-electron chi connectivity index (χ1n) is 8.65. The fraction of sp³-hybridized carbons (Fsp3) is 0.316. The molecule has 2 N–H and O–H groups in total. The van der Waals surface area contributed by atoms with Gasteiger partial charge in [0.05, 0.1) is 21.6 Å². The predicted octanol–water partition coefficient (Wildman–Crippen LogP) is 4.32. The topological polar surface area (TPSA) is 93.5 Å². The molecule has 1 amide bonds. The highest BCUT2D eigenvalue weighted by Crippen LogP contribution is 2.25. The Hall–Kier alpha value is -2.35. The maximum Gasteiger partial charge on any atom is 0.293 e. The van der Waals surface area contributed by atoms with Crippen molar-refractivity contribution in [3.8, 4) is 0 Å². The summed E-state index contributed by atoms with van der Waals surface area (Å²) >= 11 is 11.9. The smallest absolute Gasteiger partial charge is 0.293 e. The lowest BCUT2D eigenvalue weighted by molar-refractivity contribution is -0.384. The molecule has 0 atom stereocenters. The molecule has 0 spiro atoms. The highest BCUT2D eigenvalue weighted by Gasteiger charge is 2.17. The molecule has 0 radical (unpaired) electrons. The van der Waals surface area contributed by atoms with Gasteiger partial charge < -0.3 is 15.4 Å². The average molecular weight is 426 g/mol. The Morgan fingerprint density at radius 2 is 1.93 bits per heavy atom. The molecule has 0 bridgehead atoms. The van der Waals surface area contributed by atoms with E-state index in [2.05, 4.69) is 10.6 Å². The van der Waals surface area contributed by atoms with Gasteiger partial charge in [0.25, 0.3) is 11.6 Å². The minimum Gasteiger partial charge on any atom is -0.383 e. The number of hydrogen-bond donors (Lipinski definition) is 2. The fourth-order valence-corrected chi connectivity index (χ4v) is 2.87. The van der Waals surface area contributed by atoms with Crippen molar-refractivity contribution in [2.24, 2.45) is 0 Å². The minimum absolute atomic E-state index is 0.153. The standard InChI is InChI=1S/C19H21Cl2N3O4/c1-28-10-9-22-17-7-5-14(12-18(17)24(26)27)19(25)23-8-2-3-13-4-6-15(20)16(21)11-13/h4-7,11-12,22H,2-3,8-10H2,1H3,(H,23,25). The van der Waals surface area contributed by atoms with Gasteiger partial charge in [-0.05, 0) is 42.7 Å². The Bertz CT molecular complexity index is 846. The number of carbonyl (C=O) groups is 1. The van der Waals surface area contributed by atoms with Gasteiger partial charge in [-0.15, -0.1) is 0 Å². The predicted molar refractivity (Wildman–Crippen MR) is 111 cm³/mol. The minimum atomic E-state index is -0.518. The lowest BCUT2D eigenvalue weighted by atomic mass is 10.1. The van der Waals surface area contributed by atoms with Gasteiger partial charge in [0, 0.05) is 31.8 Å². The van der Waals surface area contributed by atoms with Crippen LogP contribution in [0.2, 0.25) is 10.0 Å². The number of nitro groups is 1. The first kappa shape index (κ1) is 21.9. The van der Waals surface area contributed by atoms with Crippen LogP contribution in [0.1, 0.15) is 22.3 Å². The first-order valence-corrected chi connectivity index (χ1v) is 9.41. The van der Waals surface area contributed by atoms with Crippen LogP contribution in [-0.2, 0) is 11.2 Å². The molecular weight excluding hydrogens is 405 g/mol. The number of benzene rings is 2. The molecule has 0 aliphatic rings. The third-order valence-electron chi connectivity index (χ3n) is 3.99. The zero-order chi connectivity index (χ0) is 20.5. The van der Waals surface area contributed by atoms with Gasteiger partial charge >= 0.3 is 0 Å². The number of nitro benzene ring substituents is 1. The quantitative estimate of drug-likeness (QED) is 0.335. The van der Waals surface area contributed by atoms with Crippen molar-refractivity contribution in [3.05, 3.63) is 67.7 Å². The second-order valence-electron chi connectivity index (χ2n) is 6.02. The Morgan fingerprint density at radius 1 is 1.14 bits per heavy atom. The molecule has 0 unspecified atom stereocenters. The number of nitrogens with one attached hydrogen (secondary N) is 2. The van der Waals surface area contributed by atoms with E-state index in [-0.39, 0.29) is 17.2 Å². The van der Waals surface area contributed by atoms with E-state index in [9.17, 15) is 14.9 Å². The summed E-state index contributed by atoms with van der Waals surface area (Å²) in [6.07, 6.45) is 1.42. The number of methoxy groups -OCH3 is 1. The van der Waals surface area contributed by atoms with E-state index in [1.165, 1.54) is 12.1 Å². The van der Waals surface area contributed by atoms with Crippen molar-refractivity contribution < 1.29 is 14.5 Å². The number of aryl methyl sites for hydroxylation is 1. The maximum atomic E-state index is 12.3. The van der Waals surface area contributed by atoms with E-state index < -0.39 is 4.92 Å². The van der Waals surface area contributed by atoms with Crippen LogP contribution in [0.15, 0.2) is 36.4 Å². The molecule has 0 aliphatic carbocycles. The van der Waals surface area contributed by atoms with Crippen LogP contribution in [-0.4, -0.2) is 37.6 Å². The number of ether oxygens (including phenoxy) is 1. The zero-order valence-corrected chi connectivity index (χ0v) is 16.8. The van der Waals surface area contributed by atoms with Crippen molar-refractivity contribution in [1.29, 1.82) is 0 Å². The van der Waals surface area contributed by atoms with Gasteiger partial charge in [0.2, 0.25) is 0 Å². The summed E-state index contributed by atoms with van der Waals surface area (Å²) < 4.78 is 4.91. The molecule has 2 aromatic carbocycles. The first-order chi connectivity index (χ1) is 13.4. The van der Waals surface area contributed by atoms with E-state index in [1.54, 1.807) is 25.3 Å². The molecule has 2 rings (SSSR count). The van der Waals surface area contributed by atoms with E-state index >= 15 is 0 Å². The molecule has 150 valence electrons. The molecule has 9 heteroatoms. The summed E-state index contributed by atoms with van der Waals surface area (Å²) in [7, 11) is 1.55. The van der Waals surface area contributed by atoms with E-state index in [0.29, 0.717) is 41.8 Å². The van der Waals surface area contributed by atoms with Crippen LogP contribution in [0.25, 0.3) is 0 Å². The zero-order valence-electron chi connectivity index (χ0n) is 15.3. The average Bonchev–Trinajstić information content (AvgIpc) is 2.68. The van der Waals surface area contributed by atoms with E-state index in [4.69, 9.17) is 27.9 Å². The molecule has 0 saturated heterocycles. The Kier molecular flexibility index (Phi) is 8.50. The van der Waals surface area contributed by atoms with Crippen LogP contribution in [0.5, 0.6) is 0 Å². The Labute approximate surface area is 173 Å². The van der Waals surface area contributed by atoms with Crippen LogP contribution in [0.4, 0.5) is 11.4 Å². The number of hydrogen-bond acceptors (Lipinski definition) is 5. The highest BCUT2D eigenvalue weighted by atomic mass is 35.5. The van der Waals surface area contributed by atoms with Crippen molar-refractivity contribution in [3.63, 3.8) is 0 Å². The molecule has 0 aromatic heterocycles. The SMILES string of the molecule is COCCNc1ccc(C(=O)NCCCc2ccc(Cl)c(Cl)c2)cc1[N+](=O)[O-]. The van der Waals surface area contributed by atoms with Gasteiger partial charge in [-0.3, -0.25) is 14.9 Å². The number of carbonyl (C=O) groups excluding carboxylic acids is 1. The van der Waals surface area contributed by atoms with Crippen LogP contribution in [0, 0.1) is 10.1 Å². The second-order valence-corrected chi connectivity index (χ2v) is 6.83. The molecule has 0 heterocycles. The van der Waals surface area contributed by atoms with Crippen LogP contribution < -0.4 is 10.6 Å². The molecule has 0 fully saturated rings. The number of halogens is 2. The summed E-state index contributed by atoms with van der Waals surface area (Å²) in [5, 5.41) is 18.0. The van der Waals surface area contributed by atoms with Crippen LogP contribution >= 0.6 is 23.2 Å². The Morgan fingerprint density at radius 3 is 2.61 bits per heavy atom. The van der Waals surface area contributed by atoms with Crippen molar-refractivity contribution in [2.75, 3.05) is 32.1 Å². The fourth-order valence-electron chi connectivity index (χ4n) is 2.55. The van der Waals surface area contributed by atoms with Crippen molar-refractivity contribution >= 4 is 40.5 Å². The molecule has 7 nitrogen and oxygen atoms in total. The van der Waals surface area contributed by atoms with Gasteiger partial charge in [0.15, 0.2) is 0 Å². The van der Waals surface area contributed by atoms with Gasteiger partial charge in [-0.1, -0.05) is 29.3 Å². The van der Waals surface area contributed by atoms with Gasteiger partial charge in [-0.2, -0.15) is 0 Å². The van der Waals surface area contributed by atoms with Gasteiger partial charge in [-0.25, -0.2) is 0 Å². The monoisotopic (exact) mass is 425 g/mol. The maximum absolute atomic E-state index is 12.3. The van der Waals surface area contributed by atoms with Crippen LogP contribution in [0.3, 0.4) is 0 Å². The normalized spacial score (nSPS) is 10.5. The number of anilines is 1. The molecule has 0 aliphatic heterocycles. The highest BCUT2D eigenvalue weighted by molar-refractivity contribution is 6.42. The second kappa shape index (κ2) is 10.8. The lowest BCUT2D eigenvalue weighted by Crippen LogP contribution is -2.25. The van der Waals surface area contributed by atoms with Crippen molar-refractivity contribution in [1.82, 2.24) is 5.32 Å². The lowest BCUT2D eigenvalue weighted by Gasteiger charge is -2.09. The molecular formula is C19H21Cl2N3O4. The third-order valence-corrected chi connectivity index (χ3v) is 4.73. The summed E-state index contributed by atoms with van der Waals surface area (Å²) in [6.45, 7) is 1.27. The summed E-state index contributed by atoms with van der Waals surface area (Å²) in [4.78, 5) is 23.1. The number of rotatable bonds is 10. The molecule has 28 heavy (non-hydrogen) atoms. The number of nitrogens with zero attached hydrogens (tertiary/aromatic N) is 1. The van der Waals surface area contributed by atoms with E-state index in [1.807, 2.05) is 6.07 Å². The third kappa shape index (κ3) is 6.37. The molecule has 0 saturated carbocycles.